The van der Waals surface area contributed by atoms with Crippen molar-refractivity contribution in [2.24, 2.45) is 0 Å². The number of rotatable bonds is 3. The number of nitrogen functional groups attached to an aromatic ring is 1. The highest BCUT2D eigenvalue weighted by Crippen LogP contribution is 2.27. The molecular weight excluding hydrogens is 266 g/mol. The van der Waals surface area contributed by atoms with Crippen LogP contribution in [0.2, 0.25) is 0 Å². The van der Waals surface area contributed by atoms with Gasteiger partial charge in [-0.05, 0) is 26.3 Å². The minimum atomic E-state index is 0.586. The van der Waals surface area contributed by atoms with Crippen LogP contribution in [-0.4, -0.2) is 52.3 Å². The van der Waals surface area contributed by atoms with Gasteiger partial charge in [-0.25, -0.2) is 9.97 Å². The summed E-state index contributed by atoms with van der Waals surface area (Å²) in [5.74, 6) is 1.31. The van der Waals surface area contributed by atoms with Gasteiger partial charge in [-0.2, -0.15) is 0 Å². The Labute approximate surface area is 124 Å². The van der Waals surface area contributed by atoms with Crippen molar-refractivity contribution < 1.29 is 4.74 Å². The molecule has 3 heterocycles. The number of hydrogen-bond acceptors (Lipinski definition) is 5. The van der Waals surface area contributed by atoms with Crippen molar-refractivity contribution in [2.75, 3.05) is 38.6 Å². The van der Waals surface area contributed by atoms with E-state index in [0.29, 0.717) is 5.82 Å². The maximum atomic E-state index is 6.09. The van der Waals surface area contributed by atoms with Gasteiger partial charge in [0, 0.05) is 31.9 Å². The third-order valence-corrected chi connectivity index (χ3v) is 4.35. The molecular formula is C15H23N5O. The molecule has 0 radical (unpaired) electrons. The molecule has 0 unspecified atom stereocenters. The van der Waals surface area contributed by atoms with E-state index in [1.807, 2.05) is 6.92 Å². The number of hydrogen-bond donors (Lipinski definition) is 1. The maximum absolute atomic E-state index is 6.09. The summed E-state index contributed by atoms with van der Waals surface area (Å²) in [5.41, 5.74) is 9.46. The van der Waals surface area contributed by atoms with Crippen LogP contribution in [0.4, 0.5) is 5.82 Å². The molecule has 0 aromatic carbocycles. The summed E-state index contributed by atoms with van der Waals surface area (Å²) in [6.45, 7) is 11.7. The molecule has 0 aliphatic carbocycles. The smallest absolute Gasteiger partial charge is 0.146 e. The summed E-state index contributed by atoms with van der Waals surface area (Å²) in [4.78, 5) is 11.3. The van der Waals surface area contributed by atoms with Crippen LogP contribution in [0.15, 0.2) is 0 Å². The number of anilines is 1. The highest BCUT2D eigenvalue weighted by Gasteiger charge is 2.17. The number of ether oxygens (including phenoxy) is 1. The van der Waals surface area contributed by atoms with Crippen LogP contribution in [0.5, 0.6) is 0 Å². The molecule has 21 heavy (non-hydrogen) atoms. The summed E-state index contributed by atoms with van der Waals surface area (Å²) in [7, 11) is 0. The molecule has 2 aromatic rings. The first-order chi connectivity index (χ1) is 10.1. The average Bonchev–Trinajstić information content (AvgIpc) is 2.70. The van der Waals surface area contributed by atoms with Crippen molar-refractivity contribution in [3.05, 3.63) is 17.1 Å². The van der Waals surface area contributed by atoms with E-state index in [9.17, 15) is 0 Å². The minimum absolute atomic E-state index is 0.586. The number of fused-ring (bicyclic) bond motifs is 1. The molecule has 1 fully saturated rings. The fourth-order valence-corrected chi connectivity index (χ4v) is 3.02. The molecule has 0 spiro atoms. The van der Waals surface area contributed by atoms with Crippen LogP contribution in [0.25, 0.3) is 11.0 Å². The molecule has 1 saturated heterocycles. The predicted molar refractivity (Wildman–Crippen MR) is 83.4 cm³/mol. The fourth-order valence-electron chi connectivity index (χ4n) is 3.02. The standard InChI is InChI=1S/C15H23N5O/c1-10-11(2)20(5-4-19-6-8-21-9-7-19)15-13(10)14(16)17-12(3)18-15/h4-9H2,1-3H3,(H2,16,17,18). The van der Waals surface area contributed by atoms with Crippen LogP contribution in [0.3, 0.4) is 0 Å². The zero-order valence-corrected chi connectivity index (χ0v) is 13.0. The molecule has 6 heteroatoms. The largest absolute Gasteiger partial charge is 0.383 e. The summed E-state index contributed by atoms with van der Waals surface area (Å²) < 4.78 is 7.66. The van der Waals surface area contributed by atoms with Gasteiger partial charge in [0.1, 0.15) is 17.3 Å². The Morgan fingerprint density at radius 2 is 1.81 bits per heavy atom. The van der Waals surface area contributed by atoms with Crippen LogP contribution < -0.4 is 5.73 Å². The van der Waals surface area contributed by atoms with Gasteiger partial charge in [-0.3, -0.25) is 4.90 Å². The van der Waals surface area contributed by atoms with Crippen molar-refractivity contribution in [1.82, 2.24) is 19.4 Å². The maximum Gasteiger partial charge on any atom is 0.146 e. The monoisotopic (exact) mass is 289 g/mol. The zero-order valence-electron chi connectivity index (χ0n) is 13.0. The molecule has 6 nitrogen and oxygen atoms in total. The van der Waals surface area contributed by atoms with E-state index in [4.69, 9.17) is 10.5 Å². The zero-order chi connectivity index (χ0) is 15.0. The molecule has 114 valence electrons. The van der Waals surface area contributed by atoms with Crippen LogP contribution in [-0.2, 0) is 11.3 Å². The highest BCUT2D eigenvalue weighted by molar-refractivity contribution is 5.91. The summed E-state index contributed by atoms with van der Waals surface area (Å²) in [5, 5.41) is 1.00. The number of nitrogens with zero attached hydrogens (tertiary/aromatic N) is 4. The van der Waals surface area contributed by atoms with E-state index in [1.165, 1.54) is 11.3 Å². The lowest BCUT2D eigenvalue weighted by molar-refractivity contribution is 0.0364. The first kappa shape index (κ1) is 14.3. The Morgan fingerprint density at radius 1 is 1.10 bits per heavy atom. The van der Waals surface area contributed by atoms with E-state index < -0.39 is 0 Å². The normalized spacial score (nSPS) is 16.7. The van der Waals surface area contributed by atoms with Gasteiger partial charge in [0.2, 0.25) is 0 Å². The fraction of sp³-hybridized carbons (Fsp3) is 0.600. The Hall–Kier alpha value is -1.66. The van der Waals surface area contributed by atoms with E-state index >= 15 is 0 Å². The van der Waals surface area contributed by atoms with Gasteiger partial charge in [-0.1, -0.05) is 0 Å². The molecule has 0 atom stereocenters. The molecule has 0 bridgehead atoms. The van der Waals surface area contributed by atoms with Crippen molar-refractivity contribution >= 4 is 16.9 Å². The Morgan fingerprint density at radius 3 is 2.52 bits per heavy atom. The van der Waals surface area contributed by atoms with Gasteiger partial charge in [0.25, 0.3) is 0 Å². The van der Waals surface area contributed by atoms with Gasteiger partial charge < -0.3 is 15.0 Å². The molecule has 0 amide bonds. The van der Waals surface area contributed by atoms with Crippen LogP contribution in [0.1, 0.15) is 17.1 Å². The van der Waals surface area contributed by atoms with Crippen LogP contribution >= 0.6 is 0 Å². The second kappa shape index (κ2) is 5.61. The van der Waals surface area contributed by atoms with Gasteiger partial charge >= 0.3 is 0 Å². The first-order valence-electron chi connectivity index (χ1n) is 7.47. The van der Waals surface area contributed by atoms with Crippen molar-refractivity contribution in [2.45, 2.75) is 27.3 Å². The molecule has 0 saturated carbocycles. The van der Waals surface area contributed by atoms with Gasteiger partial charge in [0.05, 0.1) is 18.6 Å². The first-order valence-corrected chi connectivity index (χ1v) is 7.47. The van der Waals surface area contributed by atoms with Crippen molar-refractivity contribution in [3.8, 4) is 0 Å². The third-order valence-electron chi connectivity index (χ3n) is 4.35. The lowest BCUT2D eigenvalue weighted by atomic mass is 10.2. The average molecular weight is 289 g/mol. The Bertz CT molecular complexity index is 658. The van der Waals surface area contributed by atoms with Gasteiger partial charge in [-0.15, -0.1) is 0 Å². The van der Waals surface area contributed by atoms with E-state index in [0.717, 1.165) is 56.3 Å². The van der Waals surface area contributed by atoms with E-state index in [2.05, 4.69) is 33.3 Å². The second-order valence-electron chi connectivity index (χ2n) is 5.67. The van der Waals surface area contributed by atoms with E-state index in [-0.39, 0.29) is 0 Å². The van der Waals surface area contributed by atoms with E-state index in [1.54, 1.807) is 0 Å². The lowest BCUT2D eigenvalue weighted by Crippen LogP contribution is -2.38. The Balaban J connectivity index is 1.92. The summed E-state index contributed by atoms with van der Waals surface area (Å²) in [6.07, 6.45) is 0. The molecule has 2 aromatic heterocycles. The SMILES string of the molecule is Cc1nc(N)c2c(C)c(C)n(CCN3CCOCC3)c2n1. The third kappa shape index (κ3) is 2.61. The van der Waals surface area contributed by atoms with Gasteiger partial charge in [0.15, 0.2) is 0 Å². The summed E-state index contributed by atoms with van der Waals surface area (Å²) >= 11 is 0. The number of nitrogens with two attached hydrogens (primary N) is 1. The van der Waals surface area contributed by atoms with Crippen molar-refractivity contribution in [1.29, 1.82) is 0 Å². The Kier molecular flexibility index (Phi) is 3.82. The molecule has 1 aliphatic rings. The summed E-state index contributed by atoms with van der Waals surface area (Å²) in [6, 6.07) is 0. The molecule has 3 rings (SSSR count). The second-order valence-corrected chi connectivity index (χ2v) is 5.67. The quantitative estimate of drug-likeness (QED) is 0.921. The highest BCUT2D eigenvalue weighted by atomic mass is 16.5. The van der Waals surface area contributed by atoms with Crippen molar-refractivity contribution in [3.63, 3.8) is 0 Å². The predicted octanol–water partition coefficient (Wildman–Crippen LogP) is 1.27. The molecule has 1 aliphatic heterocycles. The lowest BCUT2D eigenvalue weighted by Gasteiger charge is -2.26. The number of morpholine rings is 1. The van der Waals surface area contributed by atoms with Crippen LogP contribution in [0, 0.1) is 20.8 Å². The minimum Gasteiger partial charge on any atom is -0.383 e. The molecule has 2 N–H and O–H groups in total. The number of aryl methyl sites for hydroxylation is 2. The topological polar surface area (TPSA) is 69.2 Å². The number of aromatic nitrogens is 3.